The van der Waals surface area contributed by atoms with Crippen LogP contribution in [0.4, 0.5) is 5.69 Å². The normalized spacial score (nSPS) is 10.6. The zero-order chi connectivity index (χ0) is 19.4. The number of rotatable bonds is 5. The van der Waals surface area contributed by atoms with Crippen LogP contribution in [-0.4, -0.2) is 15.0 Å². The van der Waals surface area contributed by atoms with Crippen LogP contribution in [0, 0.1) is 6.92 Å². The zero-order valence-electron chi connectivity index (χ0n) is 14.7. The van der Waals surface area contributed by atoms with Gasteiger partial charge in [-0.15, -0.1) is 0 Å². The van der Waals surface area contributed by atoms with Crippen molar-refractivity contribution < 1.29 is 4.79 Å². The number of nitrogens with one attached hydrogen (secondary N) is 1. The first-order valence-corrected chi connectivity index (χ1v) is 8.72. The Morgan fingerprint density at radius 2 is 1.85 bits per heavy atom. The smallest absolute Gasteiger partial charge is 0.325 e. The molecule has 27 heavy (non-hydrogen) atoms. The maximum absolute atomic E-state index is 12.7. The molecular formula is C20H18ClN3O3. The molecule has 0 fully saturated rings. The number of aryl methyl sites for hydroxylation is 1. The van der Waals surface area contributed by atoms with Crippen molar-refractivity contribution in [2.75, 3.05) is 5.32 Å². The van der Waals surface area contributed by atoms with E-state index in [0.717, 1.165) is 15.7 Å². The van der Waals surface area contributed by atoms with Gasteiger partial charge in [0.2, 0.25) is 5.91 Å². The molecule has 2 aromatic carbocycles. The number of aromatic nitrogens is 2. The highest BCUT2D eigenvalue weighted by atomic mass is 35.5. The van der Waals surface area contributed by atoms with Crippen molar-refractivity contribution >= 4 is 23.2 Å². The number of hydrogen-bond donors (Lipinski definition) is 1. The standard InChI is InChI=1S/C20H18ClN3O3/c1-14-5-4-7-16(11-14)22-18(25)13-24-19(26)9-10-23(20(24)27)12-15-6-2-3-8-17(15)21/h2-11H,12-13H2,1H3,(H,22,25). The molecule has 0 atom stereocenters. The Kier molecular flexibility index (Phi) is 5.57. The maximum Gasteiger partial charge on any atom is 0.331 e. The summed E-state index contributed by atoms with van der Waals surface area (Å²) in [6, 6.07) is 15.7. The molecule has 0 saturated heterocycles. The van der Waals surface area contributed by atoms with Crippen molar-refractivity contribution in [2.45, 2.75) is 20.0 Å². The van der Waals surface area contributed by atoms with Crippen LogP contribution < -0.4 is 16.6 Å². The minimum absolute atomic E-state index is 0.207. The molecule has 0 aliphatic rings. The van der Waals surface area contributed by atoms with Crippen molar-refractivity contribution in [2.24, 2.45) is 0 Å². The second kappa shape index (κ2) is 8.05. The molecule has 6 nitrogen and oxygen atoms in total. The Morgan fingerprint density at radius 1 is 1.07 bits per heavy atom. The molecule has 7 heteroatoms. The van der Waals surface area contributed by atoms with Gasteiger partial charge in [-0.1, -0.05) is 41.9 Å². The minimum atomic E-state index is -0.568. The van der Waals surface area contributed by atoms with E-state index >= 15 is 0 Å². The van der Waals surface area contributed by atoms with Gasteiger partial charge >= 0.3 is 5.69 Å². The van der Waals surface area contributed by atoms with Crippen molar-refractivity contribution in [3.63, 3.8) is 0 Å². The summed E-state index contributed by atoms with van der Waals surface area (Å²) in [4.78, 5) is 37.0. The van der Waals surface area contributed by atoms with E-state index in [-0.39, 0.29) is 13.1 Å². The molecule has 138 valence electrons. The van der Waals surface area contributed by atoms with Crippen LogP contribution in [0.5, 0.6) is 0 Å². The van der Waals surface area contributed by atoms with E-state index in [1.165, 1.54) is 16.8 Å². The van der Waals surface area contributed by atoms with Gasteiger partial charge in [-0.2, -0.15) is 0 Å². The van der Waals surface area contributed by atoms with Crippen molar-refractivity contribution in [1.29, 1.82) is 0 Å². The number of benzene rings is 2. The van der Waals surface area contributed by atoms with Crippen molar-refractivity contribution in [3.05, 3.63) is 97.8 Å². The number of hydrogen-bond acceptors (Lipinski definition) is 3. The van der Waals surface area contributed by atoms with Gasteiger partial charge in [0.1, 0.15) is 6.54 Å². The molecule has 1 heterocycles. The number of anilines is 1. The highest BCUT2D eigenvalue weighted by Crippen LogP contribution is 2.15. The highest BCUT2D eigenvalue weighted by Gasteiger charge is 2.11. The minimum Gasteiger partial charge on any atom is -0.325 e. The van der Waals surface area contributed by atoms with Crippen LogP contribution in [0.25, 0.3) is 0 Å². The van der Waals surface area contributed by atoms with Crippen molar-refractivity contribution in [1.82, 2.24) is 9.13 Å². The van der Waals surface area contributed by atoms with Crippen LogP contribution >= 0.6 is 11.6 Å². The van der Waals surface area contributed by atoms with E-state index in [9.17, 15) is 14.4 Å². The average Bonchev–Trinajstić information content (AvgIpc) is 2.63. The number of nitrogens with zero attached hydrogens (tertiary/aromatic N) is 2. The zero-order valence-corrected chi connectivity index (χ0v) is 15.4. The second-order valence-corrected chi connectivity index (χ2v) is 6.57. The average molecular weight is 384 g/mol. The van der Waals surface area contributed by atoms with Crippen LogP contribution in [0.2, 0.25) is 5.02 Å². The summed E-state index contributed by atoms with van der Waals surface area (Å²) in [5, 5.41) is 3.22. The van der Waals surface area contributed by atoms with E-state index in [0.29, 0.717) is 10.7 Å². The molecule has 0 unspecified atom stereocenters. The van der Waals surface area contributed by atoms with Gasteiger partial charge in [-0.3, -0.25) is 18.7 Å². The first-order valence-electron chi connectivity index (χ1n) is 8.34. The number of carbonyl (C=O) groups is 1. The Bertz CT molecular complexity index is 1100. The molecule has 0 bridgehead atoms. The largest absolute Gasteiger partial charge is 0.331 e. The maximum atomic E-state index is 12.7. The summed E-state index contributed by atoms with van der Waals surface area (Å²) >= 11 is 6.14. The molecule has 1 N–H and O–H groups in total. The van der Waals surface area contributed by atoms with Gasteiger partial charge in [-0.25, -0.2) is 4.79 Å². The fraction of sp³-hybridized carbons (Fsp3) is 0.150. The molecular weight excluding hydrogens is 366 g/mol. The van der Waals surface area contributed by atoms with Crippen LogP contribution in [0.1, 0.15) is 11.1 Å². The van der Waals surface area contributed by atoms with Crippen LogP contribution in [0.15, 0.2) is 70.4 Å². The van der Waals surface area contributed by atoms with Crippen molar-refractivity contribution in [3.8, 4) is 0 Å². The van der Waals surface area contributed by atoms with Gasteiger partial charge in [0.05, 0.1) is 6.54 Å². The molecule has 0 spiro atoms. The predicted molar refractivity (Wildman–Crippen MR) is 105 cm³/mol. The summed E-state index contributed by atoms with van der Waals surface area (Å²) in [6.45, 7) is 1.75. The third-order valence-electron chi connectivity index (χ3n) is 4.04. The quantitative estimate of drug-likeness (QED) is 0.736. The van der Waals surface area contributed by atoms with Gasteiger partial charge in [0.25, 0.3) is 5.56 Å². The molecule has 0 aliphatic carbocycles. The van der Waals surface area contributed by atoms with E-state index in [1.54, 1.807) is 30.3 Å². The van der Waals surface area contributed by atoms with E-state index in [1.807, 2.05) is 25.1 Å². The van der Waals surface area contributed by atoms with E-state index in [2.05, 4.69) is 5.32 Å². The fourth-order valence-electron chi connectivity index (χ4n) is 2.70. The topological polar surface area (TPSA) is 73.1 Å². The number of amides is 1. The Balaban J connectivity index is 1.83. The Labute approximate surface area is 160 Å². The molecule has 3 aromatic rings. The first-order chi connectivity index (χ1) is 12.9. The lowest BCUT2D eigenvalue weighted by atomic mass is 10.2. The Morgan fingerprint density at radius 3 is 2.59 bits per heavy atom. The lowest BCUT2D eigenvalue weighted by molar-refractivity contribution is -0.116. The summed E-state index contributed by atoms with van der Waals surface area (Å²) in [6.07, 6.45) is 1.41. The monoisotopic (exact) mass is 383 g/mol. The molecule has 3 rings (SSSR count). The molecule has 0 aliphatic heterocycles. The fourth-order valence-corrected chi connectivity index (χ4v) is 2.90. The number of carbonyl (C=O) groups excluding carboxylic acids is 1. The first kappa shape index (κ1) is 18.7. The van der Waals surface area contributed by atoms with Gasteiger partial charge < -0.3 is 5.32 Å². The third-order valence-corrected chi connectivity index (χ3v) is 4.41. The summed E-state index contributed by atoms with van der Waals surface area (Å²) < 4.78 is 2.25. The predicted octanol–water partition coefficient (Wildman–Crippen LogP) is 2.66. The molecule has 0 saturated carbocycles. The second-order valence-electron chi connectivity index (χ2n) is 6.16. The third kappa shape index (κ3) is 4.54. The summed E-state index contributed by atoms with van der Waals surface area (Å²) in [5.74, 6) is -0.449. The Hall–Kier alpha value is -3.12. The molecule has 0 radical (unpaired) electrons. The molecule has 1 aromatic heterocycles. The number of halogens is 1. The van der Waals surface area contributed by atoms with Crippen LogP contribution in [0.3, 0.4) is 0 Å². The lowest BCUT2D eigenvalue weighted by Gasteiger charge is -2.11. The van der Waals surface area contributed by atoms with Gasteiger partial charge in [0, 0.05) is 23.0 Å². The summed E-state index contributed by atoms with van der Waals surface area (Å²) in [7, 11) is 0. The van der Waals surface area contributed by atoms with E-state index < -0.39 is 17.2 Å². The van der Waals surface area contributed by atoms with E-state index in [4.69, 9.17) is 11.6 Å². The SMILES string of the molecule is Cc1cccc(NC(=O)Cn2c(=O)ccn(Cc3ccccc3Cl)c2=O)c1. The molecule has 1 amide bonds. The van der Waals surface area contributed by atoms with Gasteiger partial charge in [0.15, 0.2) is 0 Å². The van der Waals surface area contributed by atoms with Crippen LogP contribution in [-0.2, 0) is 17.9 Å². The highest BCUT2D eigenvalue weighted by molar-refractivity contribution is 6.31. The summed E-state index contributed by atoms with van der Waals surface area (Å²) in [5.41, 5.74) is 1.25. The van der Waals surface area contributed by atoms with Gasteiger partial charge in [-0.05, 0) is 36.2 Å². The lowest BCUT2D eigenvalue weighted by Crippen LogP contribution is -2.41.